The second-order valence-electron chi connectivity index (χ2n) is 5.81. The number of aromatic amines is 1. The highest BCUT2D eigenvalue weighted by Gasteiger charge is 2.31. The molecule has 0 spiro atoms. The van der Waals surface area contributed by atoms with E-state index in [1.54, 1.807) is 6.07 Å². The van der Waals surface area contributed by atoms with Crippen LogP contribution in [0.3, 0.4) is 0 Å². The van der Waals surface area contributed by atoms with Gasteiger partial charge in [-0.3, -0.25) is 19.6 Å². The molecule has 1 aliphatic heterocycles. The van der Waals surface area contributed by atoms with Crippen LogP contribution in [0.25, 0.3) is 22.0 Å². The molecule has 3 aromatic rings. The third-order valence-electron chi connectivity index (χ3n) is 4.41. The molecule has 4 rings (SSSR count). The first kappa shape index (κ1) is 13.7. The van der Waals surface area contributed by atoms with E-state index < -0.39 is 0 Å². The number of benzene rings is 2. The highest BCUT2D eigenvalue weighted by atomic mass is 16.2. The Balaban J connectivity index is 1.89. The molecular weight excluding hydrogens is 290 g/mol. The molecule has 0 saturated carbocycles. The van der Waals surface area contributed by atoms with Crippen LogP contribution < -0.4 is 0 Å². The average molecular weight is 305 g/mol. The molecule has 0 aliphatic carbocycles. The summed E-state index contributed by atoms with van der Waals surface area (Å²) in [6.07, 6.45) is 0. The monoisotopic (exact) mass is 305 g/mol. The van der Waals surface area contributed by atoms with Gasteiger partial charge in [0.25, 0.3) is 5.91 Å². The first-order chi connectivity index (χ1) is 11.1. The van der Waals surface area contributed by atoms with E-state index >= 15 is 0 Å². The Morgan fingerprint density at radius 3 is 2.78 bits per heavy atom. The van der Waals surface area contributed by atoms with E-state index in [0.29, 0.717) is 12.1 Å². The maximum atomic E-state index is 12.3. The third-order valence-corrected chi connectivity index (χ3v) is 4.41. The summed E-state index contributed by atoms with van der Waals surface area (Å²) in [5.74, 6) is -0.437. The van der Waals surface area contributed by atoms with Crippen molar-refractivity contribution in [1.82, 2.24) is 15.1 Å². The van der Waals surface area contributed by atoms with Gasteiger partial charge in [-0.25, -0.2) is 0 Å². The number of aromatic nitrogens is 2. The van der Waals surface area contributed by atoms with Gasteiger partial charge < -0.3 is 0 Å². The number of hydrogen-bond acceptors (Lipinski definition) is 3. The zero-order valence-electron chi connectivity index (χ0n) is 12.9. The molecular formula is C18H15N3O2. The number of nitrogens with zero attached hydrogens (tertiary/aromatic N) is 2. The van der Waals surface area contributed by atoms with E-state index in [0.717, 1.165) is 33.3 Å². The van der Waals surface area contributed by atoms with Gasteiger partial charge in [-0.2, -0.15) is 5.10 Å². The van der Waals surface area contributed by atoms with Crippen LogP contribution in [0, 0.1) is 6.92 Å². The second kappa shape index (κ2) is 4.78. The molecule has 2 aromatic carbocycles. The maximum absolute atomic E-state index is 12.3. The number of H-pyrrole nitrogens is 1. The Kier molecular flexibility index (Phi) is 2.84. The number of nitrogens with one attached hydrogen (secondary N) is 1. The zero-order chi connectivity index (χ0) is 16.1. The summed E-state index contributed by atoms with van der Waals surface area (Å²) in [5, 5.41) is 8.27. The van der Waals surface area contributed by atoms with Crippen molar-refractivity contribution in [2.75, 3.05) is 0 Å². The lowest BCUT2D eigenvalue weighted by Crippen LogP contribution is -2.28. The molecule has 0 fully saturated rings. The quantitative estimate of drug-likeness (QED) is 0.751. The number of fused-ring (bicyclic) bond motifs is 2. The molecule has 5 nitrogen and oxygen atoms in total. The number of hydrogen-bond donors (Lipinski definition) is 1. The lowest BCUT2D eigenvalue weighted by atomic mass is 9.96. The zero-order valence-corrected chi connectivity index (χ0v) is 12.9. The van der Waals surface area contributed by atoms with Gasteiger partial charge in [0, 0.05) is 17.9 Å². The Labute approximate surface area is 132 Å². The largest absolute Gasteiger partial charge is 0.278 e. The predicted octanol–water partition coefficient (Wildman–Crippen LogP) is 3.04. The Morgan fingerprint density at radius 2 is 2.00 bits per heavy atom. The van der Waals surface area contributed by atoms with Crippen LogP contribution in [0.15, 0.2) is 36.4 Å². The minimum absolute atomic E-state index is 0.213. The van der Waals surface area contributed by atoms with Crippen molar-refractivity contribution in [2.45, 2.75) is 20.4 Å². The molecule has 2 heterocycles. The van der Waals surface area contributed by atoms with Crippen molar-refractivity contribution in [3.63, 3.8) is 0 Å². The minimum Gasteiger partial charge on any atom is -0.278 e. The summed E-state index contributed by atoms with van der Waals surface area (Å²) in [7, 11) is 0. The van der Waals surface area contributed by atoms with Gasteiger partial charge >= 0.3 is 0 Å². The topological polar surface area (TPSA) is 66.1 Å². The van der Waals surface area contributed by atoms with Crippen LogP contribution >= 0.6 is 0 Å². The maximum Gasteiger partial charge on any atom is 0.261 e. The predicted molar refractivity (Wildman–Crippen MR) is 86.8 cm³/mol. The van der Waals surface area contributed by atoms with Crippen molar-refractivity contribution in [3.8, 4) is 11.1 Å². The number of amides is 2. The van der Waals surface area contributed by atoms with Crippen molar-refractivity contribution >= 4 is 22.7 Å². The van der Waals surface area contributed by atoms with Crippen molar-refractivity contribution in [2.24, 2.45) is 0 Å². The number of carbonyl (C=O) groups excluding carboxylic acids is 2. The van der Waals surface area contributed by atoms with Gasteiger partial charge in [-0.15, -0.1) is 0 Å². The van der Waals surface area contributed by atoms with Crippen molar-refractivity contribution in [1.29, 1.82) is 0 Å². The molecule has 0 unspecified atom stereocenters. The molecule has 0 saturated heterocycles. The highest BCUT2D eigenvalue weighted by Crippen LogP contribution is 2.34. The van der Waals surface area contributed by atoms with Crippen LogP contribution in [0.5, 0.6) is 0 Å². The van der Waals surface area contributed by atoms with Gasteiger partial charge in [0.1, 0.15) is 0 Å². The van der Waals surface area contributed by atoms with Crippen LogP contribution in [0.1, 0.15) is 28.5 Å². The van der Waals surface area contributed by atoms with Crippen molar-refractivity contribution in [3.05, 3.63) is 53.2 Å². The third kappa shape index (κ3) is 1.97. The summed E-state index contributed by atoms with van der Waals surface area (Å²) in [6.45, 7) is 3.71. The molecule has 114 valence electrons. The molecule has 23 heavy (non-hydrogen) atoms. The fourth-order valence-electron chi connectivity index (χ4n) is 3.17. The van der Waals surface area contributed by atoms with Gasteiger partial charge in [0.05, 0.1) is 17.8 Å². The molecule has 0 atom stereocenters. The lowest BCUT2D eigenvalue weighted by molar-refractivity contribution is -0.126. The van der Waals surface area contributed by atoms with E-state index in [1.165, 1.54) is 11.8 Å². The van der Waals surface area contributed by atoms with Gasteiger partial charge in [-0.1, -0.05) is 18.2 Å². The van der Waals surface area contributed by atoms with Crippen LogP contribution in [0.2, 0.25) is 0 Å². The molecule has 5 heteroatoms. The van der Waals surface area contributed by atoms with Gasteiger partial charge in [0.2, 0.25) is 5.91 Å². The number of imide groups is 1. The molecule has 2 amide bonds. The van der Waals surface area contributed by atoms with E-state index in [4.69, 9.17) is 0 Å². The summed E-state index contributed by atoms with van der Waals surface area (Å²) >= 11 is 0. The van der Waals surface area contributed by atoms with Crippen LogP contribution in [-0.2, 0) is 11.3 Å². The van der Waals surface area contributed by atoms with E-state index in [2.05, 4.69) is 16.3 Å². The molecule has 1 N–H and O–H groups in total. The van der Waals surface area contributed by atoms with E-state index in [-0.39, 0.29) is 11.8 Å². The van der Waals surface area contributed by atoms with Crippen LogP contribution in [-0.4, -0.2) is 26.9 Å². The van der Waals surface area contributed by atoms with E-state index in [9.17, 15) is 9.59 Å². The highest BCUT2D eigenvalue weighted by molar-refractivity contribution is 6.08. The van der Waals surface area contributed by atoms with Crippen LogP contribution in [0.4, 0.5) is 0 Å². The molecule has 0 bridgehead atoms. The number of rotatable bonds is 1. The standard InChI is InChI=1S/C18H15N3O2/c1-10-15-8-12(6-7-17(15)20-19-10)13-4-3-5-14-16(13)9-21(11(2)22)18(14)23/h3-8H,9H2,1-2H3,(H,19,20). The smallest absolute Gasteiger partial charge is 0.261 e. The van der Waals surface area contributed by atoms with E-state index in [1.807, 2.05) is 31.2 Å². The summed E-state index contributed by atoms with van der Waals surface area (Å²) in [6, 6.07) is 11.7. The molecule has 1 aliphatic rings. The number of carbonyl (C=O) groups is 2. The fraction of sp³-hybridized carbons (Fsp3) is 0.167. The molecule has 0 radical (unpaired) electrons. The summed E-state index contributed by atoms with van der Waals surface area (Å²) in [4.78, 5) is 25.3. The Hall–Kier alpha value is -2.95. The van der Waals surface area contributed by atoms with Crippen molar-refractivity contribution < 1.29 is 9.59 Å². The molecule has 1 aromatic heterocycles. The van der Waals surface area contributed by atoms with Gasteiger partial charge in [0.15, 0.2) is 0 Å². The number of aryl methyl sites for hydroxylation is 1. The SMILES string of the molecule is CC(=O)N1Cc2c(cccc2-c2ccc3[nH]nc(C)c3c2)C1=O. The Morgan fingerprint density at radius 1 is 1.22 bits per heavy atom. The fourth-order valence-corrected chi connectivity index (χ4v) is 3.17. The summed E-state index contributed by atoms with van der Waals surface area (Å²) < 4.78 is 0. The van der Waals surface area contributed by atoms with Gasteiger partial charge in [-0.05, 0) is 41.8 Å². The Bertz CT molecular complexity index is 972. The first-order valence-electron chi connectivity index (χ1n) is 7.45. The minimum atomic E-state index is -0.224. The lowest BCUT2D eigenvalue weighted by Gasteiger charge is -2.10. The summed E-state index contributed by atoms with van der Waals surface area (Å²) in [5.41, 5.74) is 5.46. The normalized spacial score (nSPS) is 13.7. The first-order valence-corrected chi connectivity index (χ1v) is 7.45. The average Bonchev–Trinajstić information content (AvgIpc) is 3.08. The second-order valence-corrected chi connectivity index (χ2v) is 5.81.